The molecule has 14 nitrogen and oxygen atoms in total. The molecular weight excluding hydrogens is 876 g/mol. The van der Waals surface area contributed by atoms with Crippen LogP contribution in [0.5, 0.6) is 0 Å². The first kappa shape index (κ1) is 48.6. The fourth-order valence-electron chi connectivity index (χ4n) is 7.70. The van der Waals surface area contributed by atoms with E-state index in [1.54, 1.807) is 46.1 Å². The molecule has 4 N–H and O–H groups in total. The van der Waals surface area contributed by atoms with Gasteiger partial charge < -0.3 is 39.9 Å². The molecule has 2 aliphatic rings. The molecule has 0 radical (unpaired) electrons. The molecule has 334 valence electrons. The Balaban J connectivity index is 0.00000385. The Kier molecular flexibility index (Phi) is 17.3. The largest absolute Gasteiger partial charge is 0.453 e. The number of alkyl carbamates (subject to hydrolysis) is 2. The molecule has 3 aromatic carbocycles. The summed E-state index contributed by atoms with van der Waals surface area (Å²) < 4.78 is 9.60. The second-order valence-electron chi connectivity index (χ2n) is 15.2. The minimum atomic E-state index is -0.910. The van der Waals surface area contributed by atoms with E-state index in [2.05, 4.69) is 55.3 Å². The smallest absolute Gasteiger partial charge is 0.407 e. The van der Waals surface area contributed by atoms with Gasteiger partial charge in [-0.1, -0.05) is 86.1 Å². The predicted molar refractivity (Wildman–Crippen MR) is 248 cm³/mol. The van der Waals surface area contributed by atoms with Crippen molar-refractivity contribution >= 4 is 60.6 Å². The Morgan fingerprint density at radius 3 is 2.00 bits per heavy atom. The van der Waals surface area contributed by atoms with Crippen LogP contribution in [0.15, 0.2) is 101 Å². The van der Waals surface area contributed by atoms with Gasteiger partial charge >= 0.3 is 12.2 Å². The summed E-state index contributed by atoms with van der Waals surface area (Å²) in [7, 11) is 2.55. The van der Waals surface area contributed by atoms with E-state index in [0.717, 1.165) is 45.9 Å². The Hall–Kier alpha value is -6.39. The van der Waals surface area contributed by atoms with Crippen LogP contribution in [0.25, 0.3) is 11.3 Å². The zero-order chi connectivity index (χ0) is 43.6. The number of methoxy groups -OCH3 is 2. The van der Waals surface area contributed by atoms with Gasteiger partial charge in [-0.05, 0) is 79.2 Å². The average molecular weight is 926 g/mol. The van der Waals surface area contributed by atoms with Crippen LogP contribution in [0.3, 0.4) is 0 Å². The normalized spacial score (nSPS) is 16.1. The molecule has 4 amide bonds. The maximum absolute atomic E-state index is 13.9. The summed E-state index contributed by atoms with van der Waals surface area (Å²) in [4.78, 5) is 73.4. The highest BCUT2D eigenvalue weighted by molar-refractivity contribution is 7.99. The zero-order valence-electron chi connectivity index (χ0n) is 35.8. The first-order valence-electron chi connectivity index (χ1n) is 20.5. The molecule has 0 bridgehead atoms. The van der Waals surface area contributed by atoms with Gasteiger partial charge in [0.1, 0.15) is 29.4 Å². The standard InChI is InChI=1S/C47H48N8O6S.2ClH/c1-30(2)40(52-46(58)60-3)44(56)54-25-14-22-38(54)43-49-29-36(51-43)33-24-23-31(39(27-33)62-35-19-9-6-10-20-35)15-11-12-18-34-28-48-42(50-34)37-21-13-26-55(37)45(57)41(53-47(59)61-4)32-16-7-5-8-17-32;;/h5-10,16-17,19-20,23-24,27-30,37-38,40-41H,13-14,21-22,25-26H2,1-4H3,(H,48,50)(H,49,51)(H,52,58)(H,53,59);2*1H. The molecule has 0 spiro atoms. The Morgan fingerprint density at radius 1 is 0.750 bits per heavy atom. The van der Waals surface area contributed by atoms with Gasteiger partial charge in [0, 0.05) is 34.0 Å². The summed E-state index contributed by atoms with van der Waals surface area (Å²) in [5.41, 5.74) is 3.72. The molecule has 2 aliphatic heterocycles. The SMILES string of the molecule is COC(=O)NC(C(=O)N1CCCC1c1ncc(C#CC#Cc2ccc(-c3cnc(C4CCCN4C(=O)C(NC(=O)OC)C(C)C)[nH]3)cc2Sc2ccccc2)[nH]1)c1ccccc1.Cl.Cl. The number of benzene rings is 3. The lowest BCUT2D eigenvalue weighted by Crippen LogP contribution is -2.51. The molecule has 4 atom stereocenters. The Morgan fingerprint density at radius 2 is 1.34 bits per heavy atom. The van der Waals surface area contributed by atoms with Gasteiger partial charge in [0.25, 0.3) is 5.91 Å². The highest BCUT2D eigenvalue weighted by Gasteiger charge is 2.38. The van der Waals surface area contributed by atoms with Crippen molar-refractivity contribution in [2.24, 2.45) is 5.92 Å². The molecule has 17 heteroatoms. The average Bonchev–Trinajstić information content (AvgIpc) is 4.14. The maximum Gasteiger partial charge on any atom is 0.407 e. The molecule has 4 unspecified atom stereocenters. The number of nitrogens with zero attached hydrogens (tertiary/aromatic N) is 4. The molecule has 64 heavy (non-hydrogen) atoms. The van der Waals surface area contributed by atoms with Gasteiger partial charge in [0.05, 0.1) is 44.4 Å². The Bertz CT molecular complexity index is 2530. The number of H-pyrrole nitrogens is 2. The molecule has 4 heterocycles. The van der Waals surface area contributed by atoms with Crippen molar-refractivity contribution < 1.29 is 28.7 Å². The summed E-state index contributed by atoms with van der Waals surface area (Å²) in [6.45, 7) is 4.87. The molecule has 2 saturated heterocycles. The highest BCUT2D eigenvalue weighted by Crippen LogP contribution is 2.36. The fraction of sp³-hybridized carbons (Fsp3) is 0.319. The van der Waals surface area contributed by atoms with Crippen molar-refractivity contribution in [2.75, 3.05) is 27.3 Å². The van der Waals surface area contributed by atoms with Crippen molar-refractivity contribution in [2.45, 2.75) is 73.5 Å². The highest BCUT2D eigenvalue weighted by atomic mass is 35.5. The second-order valence-corrected chi connectivity index (χ2v) is 16.3. The van der Waals surface area contributed by atoms with E-state index in [-0.39, 0.29) is 54.6 Å². The van der Waals surface area contributed by atoms with Crippen LogP contribution in [0.4, 0.5) is 9.59 Å². The number of carbonyl (C=O) groups is 4. The molecule has 0 saturated carbocycles. The van der Waals surface area contributed by atoms with Gasteiger partial charge in [-0.25, -0.2) is 19.6 Å². The first-order valence-corrected chi connectivity index (χ1v) is 21.3. The third-order valence-electron chi connectivity index (χ3n) is 10.8. The van der Waals surface area contributed by atoms with E-state index < -0.39 is 24.3 Å². The quantitative estimate of drug-likeness (QED) is 0.0958. The van der Waals surface area contributed by atoms with Crippen molar-refractivity contribution in [3.8, 4) is 34.9 Å². The summed E-state index contributed by atoms with van der Waals surface area (Å²) in [6.07, 6.45) is 5.14. The summed E-state index contributed by atoms with van der Waals surface area (Å²) >= 11 is 1.59. The van der Waals surface area contributed by atoms with E-state index in [1.807, 2.05) is 74.5 Å². The van der Waals surface area contributed by atoms with Gasteiger partial charge in [0.2, 0.25) is 5.91 Å². The number of aromatic nitrogens is 4. The lowest BCUT2D eigenvalue weighted by molar-refractivity contribution is -0.135. The number of halogens is 2. The number of carbonyl (C=O) groups excluding carboxylic acids is 4. The van der Waals surface area contributed by atoms with Crippen LogP contribution in [0.1, 0.15) is 86.1 Å². The van der Waals surface area contributed by atoms with E-state index in [1.165, 1.54) is 14.2 Å². The first-order chi connectivity index (χ1) is 30.1. The molecular formula is C47H50Cl2N8O6S. The number of hydrogen-bond donors (Lipinski definition) is 4. The van der Waals surface area contributed by atoms with Crippen LogP contribution >= 0.6 is 36.6 Å². The maximum atomic E-state index is 13.9. The van der Waals surface area contributed by atoms with Crippen molar-refractivity contribution in [1.29, 1.82) is 0 Å². The summed E-state index contributed by atoms with van der Waals surface area (Å²) in [5, 5.41) is 5.39. The van der Waals surface area contributed by atoms with Gasteiger partial charge in [0.15, 0.2) is 0 Å². The number of aromatic amines is 2. The minimum absolute atomic E-state index is 0. The third kappa shape index (κ3) is 11.6. The number of imidazole rings is 2. The monoisotopic (exact) mass is 924 g/mol. The lowest BCUT2D eigenvalue weighted by atomic mass is 10.0. The number of hydrogen-bond acceptors (Lipinski definition) is 9. The Labute approximate surface area is 389 Å². The third-order valence-corrected chi connectivity index (χ3v) is 11.9. The molecule has 2 fully saturated rings. The number of rotatable bonds is 11. The lowest BCUT2D eigenvalue weighted by Gasteiger charge is -2.30. The number of amides is 4. The molecule has 0 aliphatic carbocycles. The minimum Gasteiger partial charge on any atom is -0.453 e. The summed E-state index contributed by atoms with van der Waals surface area (Å²) in [6, 6.07) is 22.9. The van der Waals surface area contributed by atoms with Crippen LogP contribution in [0.2, 0.25) is 0 Å². The van der Waals surface area contributed by atoms with E-state index in [4.69, 9.17) is 14.5 Å². The van der Waals surface area contributed by atoms with Crippen LogP contribution in [-0.4, -0.2) is 87.1 Å². The zero-order valence-corrected chi connectivity index (χ0v) is 38.2. The van der Waals surface area contributed by atoms with E-state index in [0.29, 0.717) is 42.4 Å². The van der Waals surface area contributed by atoms with Gasteiger partial charge in [-0.3, -0.25) is 9.59 Å². The van der Waals surface area contributed by atoms with Crippen molar-refractivity contribution in [3.05, 3.63) is 120 Å². The molecule has 2 aromatic heterocycles. The molecule has 5 aromatic rings. The molecule has 7 rings (SSSR count). The van der Waals surface area contributed by atoms with Crippen molar-refractivity contribution in [3.63, 3.8) is 0 Å². The van der Waals surface area contributed by atoms with Crippen LogP contribution in [0, 0.1) is 29.6 Å². The van der Waals surface area contributed by atoms with Gasteiger partial charge in [-0.2, -0.15) is 0 Å². The number of ether oxygens (including phenoxy) is 2. The predicted octanol–water partition coefficient (Wildman–Crippen LogP) is 8.00. The summed E-state index contributed by atoms with van der Waals surface area (Å²) in [5.74, 6) is 13.0. The van der Waals surface area contributed by atoms with Crippen molar-refractivity contribution in [1.82, 2.24) is 40.4 Å². The van der Waals surface area contributed by atoms with E-state index in [9.17, 15) is 19.2 Å². The van der Waals surface area contributed by atoms with Crippen LogP contribution in [-0.2, 0) is 19.1 Å². The number of likely N-dealkylation sites (tertiary alicyclic amines) is 2. The number of nitrogens with one attached hydrogen (secondary N) is 4. The second kappa shape index (κ2) is 22.8. The fourth-order valence-corrected chi connectivity index (χ4v) is 8.66. The topological polar surface area (TPSA) is 175 Å². The van der Waals surface area contributed by atoms with Gasteiger partial charge in [-0.15, -0.1) is 24.8 Å². The van der Waals surface area contributed by atoms with E-state index >= 15 is 0 Å². The van der Waals surface area contributed by atoms with Crippen LogP contribution < -0.4 is 10.6 Å².